The van der Waals surface area contributed by atoms with Gasteiger partial charge in [0.1, 0.15) is 17.9 Å². The van der Waals surface area contributed by atoms with Crippen molar-refractivity contribution in [1.29, 1.82) is 0 Å². The van der Waals surface area contributed by atoms with Gasteiger partial charge in [0.2, 0.25) is 0 Å². The van der Waals surface area contributed by atoms with Crippen LogP contribution in [0.2, 0.25) is 0 Å². The Hall–Kier alpha value is -1.82. The third-order valence-corrected chi connectivity index (χ3v) is 11.1. The molecule has 4 fully saturated rings. The Labute approximate surface area is 201 Å². The van der Waals surface area contributed by atoms with E-state index in [-0.39, 0.29) is 29.5 Å². The van der Waals surface area contributed by atoms with Gasteiger partial charge < -0.3 is 5.11 Å². The number of aromatic nitrogens is 3. The normalized spacial score (nSPS) is 43.9. The summed E-state index contributed by atoms with van der Waals surface area (Å²) in [7, 11) is 0. The standard InChI is InChI=1S/C28H38FN3O2/c1-26(34)12-13-27(2)17(15-26)4-6-19-20-7-8-22(28(20,3)11-10-21(19)27)25(33)16-32-24-9-5-18(29)14-23(24)30-31-32/h5,9,14,17,19-22,34H,4,6-8,10-13,15-16H2,1-3H3/t17-,19+,20+,21+,22-,26-,27+,28+/m1/s1. The summed E-state index contributed by atoms with van der Waals surface area (Å²) in [6.07, 6.45) is 9.93. The molecule has 1 aromatic carbocycles. The molecule has 8 atom stereocenters. The number of fused-ring (bicyclic) bond motifs is 6. The molecule has 0 aliphatic heterocycles. The van der Waals surface area contributed by atoms with Gasteiger partial charge in [-0.25, -0.2) is 9.07 Å². The molecule has 0 amide bonds. The van der Waals surface area contributed by atoms with Crippen molar-refractivity contribution in [3.05, 3.63) is 24.0 Å². The van der Waals surface area contributed by atoms with Crippen LogP contribution in [0.25, 0.3) is 11.0 Å². The Morgan fingerprint density at radius 2 is 1.85 bits per heavy atom. The summed E-state index contributed by atoms with van der Waals surface area (Å²) >= 11 is 0. The molecular formula is C28H38FN3O2. The Morgan fingerprint density at radius 3 is 2.68 bits per heavy atom. The second kappa shape index (κ2) is 7.59. The fraction of sp³-hybridized carbons (Fsp3) is 0.750. The van der Waals surface area contributed by atoms with E-state index in [0.29, 0.717) is 28.7 Å². The van der Waals surface area contributed by atoms with Crippen LogP contribution in [0.5, 0.6) is 0 Å². The fourth-order valence-corrected chi connectivity index (χ4v) is 9.28. The minimum atomic E-state index is -0.498. The molecule has 1 N–H and O–H groups in total. The van der Waals surface area contributed by atoms with Crippen molar-refractivity contribution in [1.82, 2.24) is 15.0 Å². The van der Waals surface area contributed by atoms with Crippen molar-refractivity contribution >= 4 is 16.8 Å². The van der Waals surface area contributed by atoms with Crippen molar-refractivity contribution < 1.29 is 14.3 Å². The summed E-state index contributed by atoms with van der Waals surface area (Å²) in [5.74, 6) is 2.66. The summed E-state index contributed by atoms with van der Waals surface area (Å²) in [5.41, 5.74) is 1.12. The number of hydrogen-bond donors (Lipinski definition) is 1. The lowest BCUT2D eigenvalue weighted by Crippen LogP contribution is -2.55. The van der Waals surface area contributed by atoms with Gasteiger partial charge in [0.05, 0.1) is 11.1 Å². The minimum absolute atomic E-state index is 0.0596. The van der Waals surface area contributed by atoms with Crippen LogP contribution in [0.15, 0.2) is 18.2 Å². The van der Waals surface area contributed by atoms with E-state index >= 15 is 0 Å². The largest absolute Gasteiger partial charge is 0.390 e. The molecule has 184 valence electrons. The summed E-state index contributed by atoms with van der Waals surface area (Å²) in [6, 6.07) is 4.45. The van der Waals surface area contributed by atoms with Gasteiger partial charge >= 0.3 is 0 Å². The van der Waals surface area contributed by atoms with Gasteiger partial charge in [0, 0.05) is 12.0 Å². The number of carbonyl (C=O) groups is 1. The van der Waals surface area contributed by atoms with Gasteiger partial charge in [-0.3, -0.25) is 4.79 Å². The molecule has 0 unspecified atom stereocenters. The van der Waals surface area contributed by atoms with Crippen LogP contribution < -0.4 is 0 Å². The van der Waals surface area contributed by atoms with Crippen LogP contribution in [-0.4, -0.2) is 31.5 Å². The number of benzene rings is 1. The van der Waals surface area contributed by atoms with Gasteiger partial charge in [0.15, 0.2) is 5.78 Å². The highest BCUT2D eigenvalue weighted by Crippen LogP contribution is 2.68. The number of aliphatic hydroxyl groups is 1. The smallest absolute Gasteiger partial charge is 0.157 e. The zero-order valence-corrected chi connectivity index (χ0v) is 20.8. The van der Waals surface area contributed by atoms with Crippen molar-refractivity contribution in [3.8, 4) is 0 Å². The maximum atomic E-state index is 13.6. The van der Waals surface area contributed by atoms with E-state index in [2.05, 4.69) is 24.2 Å². The van der Waals surface area contributed by atoms with Gasteiger partial charge in [-0.2, -0.15) is 0 Å². The molecule has 5 nitrogen and oxygen atoms in total. The summed E-state index contributed by atoms with van der Waals surface area (Å²) < 4.78 is 15.2. The van der Waals surface area contributed by atoms with E-state index < -0.39 is 5.60 Å². The van der Waals surface area contributed by atoms with Crippen molar-refractivity contribution in [3.63, 3.8) is 0 Å². The van der Waals surface area contributed by atoms with Crippen LogP contribution >= 0.6 is 0 Å². The molecule has 1 aromatic heterocycles. The van der Waals surface area contributed by atoms with E-state index in [1.54, 1.807) is 10.7 Å². The quantitative estimate of drug-likeness (QED) is 0.643. The first-order chi connectivity index (χ1) is 16.1. The van der Waals surface area contributed by atoms with Crippen LogP contribution in [0.1, 0.15) is 78.6 Å². The predicted octanol–water partition coefficient (Wildman–Crippen LogP) is 5.55. The van der Waals surface area contributed by atoms with E-state index in [1.165, 1.54) is 31.4 Å². The van der Waals surface area contributed by atoms with Gasteiger partial charge in [-0.15, -0.1) is 5.10 Å². The molecule has 4 aliphatic rings. The molecule has 4 saturated carbocycles. The molecule has 0 radical (unpaired) electrons. The molecule has 2 aromatic rings. The third kappa shape index (κ3) is 3.30. The first-order valence-corrected chi connectivity index (χ1v) is 13.3. The number of ketones is 1. The summed E-state index contributed by atoms with van der Waals surface area (Å²) in [4.78, 5) is 13.6. The molecule has 1 heterocycles. The minimum Gasteiger partial charge on any atom is -0.390 e. The van der Waals surface area contributed by atoms with Gasteiger partial charge in [-0.1, -0.05) is 19.1 Å². The number of rotatable bonds is 3. The molecular weight excluding hydrogens is 429 g/mol. The lowest BCUT2D eigenvalue weighted by Gasteiger charge is -2.61. The average Bonchev–Trinajstić information content (AvgIpc) is 3.34. The Morgan fingerprint density at radius 1 is 1.06 bits per heavy atom. The topological polar surface area (TPSA) is 68.0 Å². The highest BCUT2D eigenvalue weighted by molar-refractivity contribution is 5.84. The van der Waals surface area contributed by atoms with E-state index in [4.69, 9.17) is 0 Å². The molecule has 6 heteroatoms. The zero-order valence-electron chi connectivity index (χ0n) is 20.8. The van der Waals surface area contributed by atoms with Crippen LogP contribution in [0.3, 0.4) is 0 Å². The number of hydrogen-bond acceptors (Lipinski definition) is 4. The molecule has 6 rings (SSSR count). The number of carbonyl (C=O) groups excluding carboxylic acids is 1. The molecule has 4 aliphatic carbocycles. The molecule has 0 spiro atoms. The summed E-state index contributed by atoms with van der Waals surface area (Å²) in [5, 5.41) is 19.0. The first-order valence-electron chi connectivity index (χ1n) is 13.3. The van der Waals surface area contributed by atoms with Crippen LogP contribution in [0.4, 0.5) is 4.39 Å². The second-order valence-electron chi connectivity index (χ2n) is 12.9. The van der Waals surface area contributed by atoms with E-state index in [1.807, 2.05) is 6.92 Å². The maximum absolute atomic E-state index is 13.6. The number of halogens is 1. The van der Waals surface area contributed by atoms with Crippen molar-refractivity contribution in [2.45, 2.75) is 90.7 Å². The first kappa shape index (κ1) is 22.6. The molecule has 0 bridgehead atoms. The van der Waals surface area contributed by atoms with Crippen molar-refractivity contribution in [2.24, 2.45) is 40.4 Å². The third-order valence-electron chi connectivity index (χ3n) is 11.1. The molecule has 0 saturated heterocycles. The Kier molecular flexibility index (Phi) is 5.05. The van der Waals surface area contributed by atoms with Gasteiger partial charge in [0.25, 0.3) is 0 Å². The van der Waals surface area contributed by atoms with E-state index in [0.717, 1.165) is 50.0 Å². The fourth-order valence-electron chi connectivity index (χ4n) is 9.28. The Bertz CT molecular complexity index is 1130. The van der Waals surface area contributed by atoms with Crippen LogP contribution in [-0.2, 0) is 11.3 Å². The summed E-state index contributed by atoms with van der Waals surface area (Å²) in [6.45, 7) is 7.15. The number of Topliss-reactive ketones (excluding diaryl/α,β-unsaturated/α-hetero) is 1. The van der Waals surface area contributed by atoms with Crippen LogP contribution in [0, 0.1) is 46.2 Å². The highest BCUT2D eigenvalue weighted by Gasteiger charge is 2.61. The van der Waals surface area contributed by atoms with Crippen molar-refractivity contribution in [2.75, 3.05) is 0 Å². The zero-order chi connectivity index (χ0) is 23.9. The SMILES string of the molecule is C[C@@]1(O)CC[C@@]2(C)[C@H](CC[C@@H]3[C@@H]2CC[C@]2(C)[C@@H](C(=O)Cn4nnc5cc(F)ccc54)CC[C@@H]32)C1. The second-order valence-corrected chi connectivity index (χ2v) is 12.9. The van der Waals surface area contributed by atoms with E-state index in [9.17, 15) is 14.3 Å². The highest BCUT2D eigenvalue weighted by atomic mass is 19.1. The number of nitrogens with zero attached hydrogens (tertiary/aromatic N) is 3. The maximum Gasteiger partial charge on any atom is 0.157 e. The lowest BCUT2D eigenvalue weighted by molar-refractivity contribution is -0.151. The van der Waals surface area contributed by atoms with Gasteiger partial charge in [-0.05, 0) is 111 Å². The Balaban J connectivity index is 1.21. The monoisotopic (exact) mass is 467 g/mol. The lowest BCUT2D eigenvalue weighted by atomic mass is 9.44. The predicted molar refractivity (Wildman–Crippen MR) is 128 cm³/mol. The molecule has 34 heavy (non-hydrogen) atoms. The average molecular weight is 468 g/mol.